The van der Waals surface area contributed by atoms with Crippen molar-refractivity contribution >= 4 is 5.69 Å². The zero-order chi connectivity index (χ0) is 11.7. The quantitative estimate of drug-likeness (QED) is 0.832. The molecule has 1 aromatic heterocycles. The molecule has 2 atom stereocenters. The zero-order valence-corrected chi connectivity index (χ0v) is 10.8. The Morgan fingerprint density at radius 2 is 1.88 bits per heavy atom. The number of anilines is 1. The van der Waals surface area contributed by atoms with Gasteiger partial charge in [0, 0.05) is 19.3 Å². The van der Waals surface area contributed by atoms with Crippen LogP contribution in [0.1, 0.15) is 38.8 Å². The number of nitrogens with one attached hydrogen (secondary N) is 1. The summed E-state index contributed by atoms with van der Waals surface area (Å²) in [5.41, 5.74) is 2.31. The van der Waals surface area contributed by atoms with Gasteiger partial charge in [0.1, 0.15) is 0 Å². The van der Waals surface area contributed by atoms with E-state index in [1.807, 2.05) is 11.7 Å². The highest BCUT2D eigenvalue weighted by Gasteiger charge is 2.24. The van der Waals surface area contributed by atoms with E-state index in [2.05, 4.69) is 37.4 Å². The van der Waals surface area contributed by atoms with Crippen molar-refractivity contribution in [2.75, 3.05) is 5.32 Å². The molecule has 1 fully saturated rings. The summed E-state index contributed by atoms with van der Waals surface area (Å²) < 4.78 is 1.88. The van der Waals surface area contributed by atoms with Gasteiger partial charge in [-0.05, 0) is 38.0 Å². The van der Waals surface area contributed by atoms with E-state index in [-0.39, 0.29) is 0 Å². The van der Waals surface area contributed by atoms with Gasteiger partial charge in [0.2, 0.25) is 0 Å². The van der Waals surface area contributed by atoms with Crippen LogP contribution in [0, 0.1) is 18.8 Å². The van der Waals surface area contributed by atoms with Gasteiger partial charge in [0.25, 0.3) is 0 Å². The monoisotopic (exact) mass is 221 g/mol. The Bertz CT molecular complexity index is 346. The standard InChI is InChI=1S/C13H23N3/c1-9-5-10(2)7-12(6-9)14-13-8-16(4)15-11(13)3/h8-10,12,14H,5-7H2,1-4H3. The highest BCUT2D eigenvalue weighted by molar-refractivity contribution is 5.46. The molecule has 0 aromatic carbocycles. The van der Waals surface area contributed by atoms with E-state index >= 15 is 0 Å². The summed E-state index contributed by atoms with van der Waals surface area (Å²) in [5, 5.41) is 8.02. The largest absolute Gasteiger partial charge is 0.380 e. The van der Waals surface area contributed by atoms with E-state index < -0.39 is 0 Å². The van der Waals surface area contributed by atoms with Gasteiger partial charge in [-0.1, -0.05) is 13.8 Å². The second kappa shape index (κ2) is 4.48. The first kappa shape index (κ1) is 11.5. The fourth-order valence-electron chi connectivity index (χ4n) is 3.03. The lowest BCUT2D eigenvalue weighted by Crippen LogP contribution is -2.30. The molecule has 1 aliphatic carbocycles. The molecule has 0 saturated heterocycles. The molecule has 0 spiro atoms. The average Bonchev–Trinajstić information content (AvgIpc) is 2.43. The SMILES string of the molecule is Cc1nn(C)cc1NC1CC(C)CC(C)C1. The molecule has 90 valence electrons. The fourth-order valence-corrected chi connectivity index (χ4v) is 3.03. The predicted octanol–water partition coefficient (Wildman–Crippen LogP) is 2.97. The summed E-state index contributed by atoms with van der Waals surface area (Å²) in [5.74, 6) is 1.69. The molecule has 2 rings (SSSR count). The van der Waals surface area contributed by atoms with Gasteiger partial charge in [0.05, 0.1) is 11.4 Å². The first-order valence-electron chi connectivity index (χ1n) is 6.31. The summed E-state index contributed by atoms with van der Waals surface area (Å²) in [6.45, 7) is 6.79. The van der Waals surface area contributed by atoms with Crippen LogP contribution in [0.25, 0.3) is 0 Å². The van der Waals surface area contributed by atoms with Gasteiger partial charge >= 0.3 is 0 Å². The summed E-state index contributed by atoms with van der Waals surface area (Å²) >= 11 is 0. The van der Waals surface area contributed by atoms with Gasteiger partial charge in [-0.3, -0.25) is 4.68 Å². The molecule has 16 heavy (non-hydrogen) atoms. The van der Waals surface area contributed by atoms with Gasteiger partial charge in [-0.2, -0.15) is 5.10 Å². The zero-order valence-electron chi connectivity index (χ0n) is 10.8. The number of aromatic nitrogens is 2. The van der Waals surface area contributed by atoms with Crippen LogP contribution in [0.4, 0.5) is 5.69 Å². The molecule has 0 radical (unpaired) electrons. The molecule has 3 nitrogen and oxygen atoms in total. The van der Waals surface area contributed by atoms with Crippen LogP contribution in [-0.4, -0.2) is 15.8 Å². The fraction of sp³-hybridized carbons (Fsp3) is 0.769. The van der Waals surface area contributed by atoms with Crippen molar-refractivity contribution in [3.05, 3.63) is 11.9 Å². The molecule has 1 aromatic rings. The van der Waals surface area contributed by atoms with E-state index in [0.717, 1.165) is 17.5 Å². The van der Waals surface area contributed by atoms with Crippen molar-refractivity contribution in [1.29, 1.82) is 0 Å². The van der Waals surface area contributed by atoms with Crippen LogP contribution in [0.15, 0.2) is 6.20 Å². The average molecular weight is 221 g/mol. The first-order valence-corrected chi connectivity index (χ1v) is 6.31. The van der Waals surface area contributed by atoms with Crippen LogP contribution in [-0.2, 0) is 7.05 Å². The molecule has 1 N–H and O–H groups in total. The Morgan fingerprint density at radius 1 is 1.25 bits per heavy atom. The van der Waals surface area contributed by atoms with Crippen molar-refractivity contribution in [2.24, 2.45) is 18.9 Å². The minimum absolute atomic E-state index is 0.627. The Labute approximate surface area is 98.2 Å². The summed E-state index contributed by atoms with van der Waals surface area (Å²) in [6, 6.07) is 0.627. The number of hydrogen-bond donors (Lipinski definition) is 1. The van der Waals surface area contributed by atoms with Gasteiger partial charge in [0.15, 0.2) is 0 Å². The van der Waals surface area contributed by atoms with Crippen molar-refractivity contribution in [3.8, 4) is 0 Å². The minimum atomic E-state index is 0.627. The Kier molecular flexibility index (Phi) is 3.22. The van der Waals surface area contributed by atoms with E-state index in [1.54, 1.807) is 0 Å². The third-order valence-electron chi connectivity index (χ3n) is 3.55. The Balaban J connectivity index is 2.01. The van der Waals surface area contributed by atoms with Gasteiger partial charge in [-0.25, -0.2) is 0 Å². The van der Waals surface area contributed by atoms with E-state index in [1.165, 1.54) is 24.9 Å². The highest BCUT2D eigenvalue weighted by atomic mass is 15.3. The van der Waals surface area contributed by atoms with E-state index in [9.17, 15) is 0 Å². The molecule has 1 aliphatic rings. The molecule has 0 bridgehead atoms. The van der Waals surface area contributed by atoms with Crippen LogP contribution in [0.3, 0.4) is 0 Å². The topological polar surface area (TPSA) is 29.9 Å². The van der Waals surface area contributed by atoms with Crippen molar-refractivity contribution in [3.63, 3.8) is 0 Å². The Morgan fingerprint density at radius 3 is 2.38 bits per heavy atom. The lowest BCUT2D eigenvalue weighted by Gasteiger charge is -2.32. The summed E-state index contributed by atoms with van der Waals surface area (Å²) in [4.78, 5) is 0. The smallest absolute Gasteiger partial charge is 0.0825 e. The second-order valence-corrected chi connectivity index (χ2v) is 5.56. The molecule has 0 amide bonds. The third-order valence-corrected chi connectivity index (χ3v) is 3.55. The van der Waals surface area contributed by atoms with Crippen LogP contribution < -0.4 is 5.32 Å². The number of rotatable bonds is 2. The first-order chi connectivity index (χ1) is 7.54. The highest BCUT2D eigenvalue weighted by Crippen LogP contribution is 2.30. The predicted molar refractivity (Wildman–Crippen MR) is 67.5 cm³/mol. The Hall–Kier alpha value is -0.990. The van der Waals surface area contributed by atoms with Crippen molar-refractivity contribution < 1.29 is 0 Å². The molecule has 3 heteroatoms. The molecular weight excluding hydrogens is 198 g/mol. The van der Waals surface area contributed by atoms with E-state index in [4.69, 9.17) is 0 Å². The van der Waals surface area contributed by atoms with Crippen LogP contribution in [0.5, 0.6) is 0 Å². The third kappa shape index (κ3) is 2.57. The lowest BCUT2D eigenvalue weighted by atomic mass is 9.80. The molecule has 1 saturated carbocycles. The molecule has 0 aliphatic heterocycles. The molecule has 1 heterocycles. The number of aryl methyl sites for hydroxylation is 2. The number of hydrogen-bond acceptors (Lipinski definition) is 2. The second-order valence-electron chi connectivity index (χ2n) is 5.56. The molecule has 2 unspecified atom stereocenters. The minimum Gasteiger partial charge on any atom is -0.380 e. The lowest BCUT2D eigenvalue weighted by molar-refractivity contribution is 0.281. The normalized spacial score (nSPS) is 30.4. The molecular formula is C13H23N3. The van der Waals surface area contributed by atoms with Gasteiger partial charge < -0.3 is 5.32 Å². The maximum absolute atomic E-state index is 4.37. The van der Waals surface area contributed by atoms with Crippen LogP contribution >= 0.6 is 0 Å². The van der Waals surface area contributed by atoms with E-state index in [0.29, 0.717) is 6.04 Å². The maximum atomic E-state index is 4.37. The van der Waals surface area contributed by atoms with Crippen LogP contribution in [0.2, 0.25) is 0 Å². The number of nitrogens with zero attached hydrogens (tertiary/aromatic N) is 2. The summed E-state index contributed by atoms with van der Waals surface area (Å²) in [6.07, 6.45) is 6.04. The maximum Gasteiger partial charge on any atom is 0.0825 e. The summed E-state index contributed by atoms with van der Waals surface area (Å²) in [7, 11) is 1.98. The van der Waals surface area contributed by atoms with Crippen molar-refractivity contribution in [2.45, 2.75) is 46.1 Å². The van der Waals surface area contributed by atoms with Crippen molar-refractivity contribution in [1.82, 2.24) is 9.78 Å². The van der Waals surface area contributed by atoms with Gasteiger partial charge in [-0.15, -0.1) is 0 Å².